The molecular formula is C12H18FN. The molecule has 0 saturated heterocycles. The molecule has 0 aliphatic heterocycles. The van der Waals surface area contributed by atoms with E-state index in [0.717, 1.165) is 31.6 Å². The van der Waals surface area contributed by atoms with E-state index >= 15 is 0 Å². The van der Waals surface area contributed by atoms with Gasteiger partial charge >= 0.3 is 0 Å². The Bertz CT molecular complexity index is 267. The van der Waals surface area contributed by atoms with Gasteiger partial charge in [0.2, 0.25) is 0 Å². The summed E-state index contributed by atoms with van der Waals surface area (Å²) in [6.45, 7) is 6.08. The van der Waals surface area contributed by atoms with E-state index in [9.17, 15) is 4.39 Å². The van der Waals surface area contributed by atoms with Crippen molar-refractivity contribution in [2.45, 2.75) is 26.7 Å². The highest BCUT2D eigenvalue weighted by molar-refractivity contribution is 5.47. The largest absolute Gasteiger partial charge is 0.369 e. The molecule has 0 atom stereocenters. The molecule has 14 heavy (non-hydrogen) atoms. The summed E-state index contributed by atoms with van der Waals surface area (Å²) in [5, 5.41) is 0. The van der Waals surface area contributed by atoms with Crippen LogP contribution >= 0.6 is 0 Å². The second-order valence-electron chi connectivity index (χ2n) is 3.44. The highest BCUT2D eigenvalue weighted by Gasteiger charge is 2.08. The van der Waals surface area contributed by atoms with Gasteiger partial charge in [0, 0.05) is 13.1 Å². The number of hydrogen-bond acceptors (Lipinski definition) is 1. The lowest BCUT2D eigenvalue weighted by atomic mass is 10.2. The van der Waals surface area contributed by atoms with Crippen molar-refractivity contribution in [3.05, 3.63) is 30.1 Å². The zero-order valence-electron chi connectivity index (χ0n) is 8.96. The fraction of sp³-hybridized carbons (Fsp3) is 0.500. The topological polar surface area (TPSA) is 3.24 Å². The summed E-state index contributed by atoms with van der Waals surface area (Å²) < 4.78 is 13.4. The molecule has 0 radical (unpaired) electrons. The van der Waals surface area contributed by atoms with Crippen molar-refractivity contribution in [3.8, 4) is 0 Å². The number of hydrogen-bond donors (Lipinski definition) is 0. The molecular weight excluding hydrogens is 177 g/mol. The highest BCUT2D eigenvalue weighted by Crippen LogP contribution is 2.18. The SMILES string of the molecule is CCCN(CCC)c1ccccc1F. The lowest BCUT2D eigenvalue weighted by molar-refractivity contribution is 0.613. The summed E-state index contributed by atoms with van der Waals surface area (Å²) in [7, 11) is 0. The van der Waals surface area contributed by atoms with Gasteiger partial charge in [0.25, 0.3) is 0 Å². The quantitative estimate of drug-likeness (QED) is 0.695. The molecule has 0 N–H and O–H groups in total. The summed E-state index contributed by atoms with van der Waals surface area (Å²) in [6.07, 6.45) is 2.10. The minimum absolute atomic E-state index is 0.116. The monoisotopic (exact) mass is 195 g/mol. The maximum atomic E-state index is 13.4. The summed E-state index contributed by atoms with van der Waals surface area (Å²) in [5.74, 6) is -0.116. The second kappa shape index (κ2) is 5.63. The van der Waals surface area contributed by atoms with Crippen molar-refractivity contribution in [2.75, 3.05) is 18.0 Å². The Kier molecular flexibility index (Phi) is 4.44. The van der Waals surface area contributed by atoms with Crippen molar-refractivity contribution in [1.29, 1.82) is 0 Å². The summed E-state index contributed by atoms with van der Waals surface area (Å²) in [4.78, 5) is 2.11. The molecule has 0 unspecified atom stereocenters. The molecule has 0 spiro atoms. The van der Waals surface area contributed by atoms with Gasteiger partial charge in [0.05, 0.1) is 5.69 Å². The van der Waals surface area contributed by atoms with Crippen LogP contribution in [0.1, 0.15) is 26.7 Å². The third-order valence-electron chi connectivity index (χ3n) is 2.18. The lowest BCUT2D eigenvalue weighted by Gasteiger charge is -2.23. The number of anilines is 1. The van der Waals surface area contributed by atoms with Crippen LogP contribution in [0, 0.1) is 5.82 Å². The number of para-hydroxylation sites is 1. The third kappa shape index (κ3) is 2.72. The lowest BCUT2D eigenvalue weighted by Crippen LogP contribution is -2.25. The van der Waals surface area contributed by atoms with Gasteiger partial charge in [-0.3, -0.25) is 0 Å². The first-order valence-corrected chi connectivity index (χ1v) is 5.29. The molecule has 1 aromatic carbocycles. The van der Waals surface area contributed by atoms with Crippen LogP contribution in [0.2, 0.25) is 0 Å². The van der Waals surface area contributed by atoms with E-state index in [-0.39, 0.29) is 5.82 Å². The van der Waals surface area contributed by atoms with Crippen molar-refractivity contribution < 1.29 is 4.39 Å². The van der Waals surface area contributed by atoms with Crippen LogP contribution < -0.4 is 4.90 Å². The molecule has 1 nitrogen and oxygen atoms in total. The fourth-order valence-electron chi connectivity index (χ4n) is 1.60. The van der Waals surface area contributed by atoms with Crippen molar-refractivity contribution >= 4 is 5.69 Å². The van der Waals surface area contributed by atoms with E-state index in [4.69, 9.17) is 0 Å². The van der Waals surface area contributed by atoms with E-state index in [1.54, 1.807) is 6.07 Å². The van der Waals surface area contributed by atoms with E-state index in [0.29, 0.717) is 0 Å². The van der Waals surface area contributed by atoms with Gasteiger partial charge in [0.15, 0.2) is 0 Å². The van der Waals surface area contributed by atoms with Crippen molar-refractivity contribution in [2.24, 2.45) is 0 Å². The molecule has 1 aromatic rings. The molecule has 0 saturated carbocycles. The van der Waals surface area contributed by atoms with Gasteiger partial charge < -0.3 is 4.90 Å². The molecule has 0 aromatic heterocycles. The van der Waals surface area contributed by atoms with Crippen LogP contribution in [0.15, 0.2) is 24.3 Å². The predicted octanol–water partition coefficient (Wildman–Crippen LogP) is 3.45. The van der Waals surface area contributed by atoms with Crippen LogP contribution in [0.5, 0.6) is 0 Å². The molecule has 78 valence electrons. The fourth-order valence-corrected chi connectivity index (χ4v) is 1.60. The zero-order chi connectivity index (χ0) is 10.4. The Morgan fingerprint density at radius 1 is 1.07 bits per heavy atom. The van der Waals surface area contributed by atoms with Crippen LogP contribution in [-0.2, 0) is 0 Å². The van der Waals surface area contributed by atoms with E-state index in [2.05, 4.69) is 18.7 Å². The smallest absolute Gasteiger partial charge is 0.146 e. The number of nitrogens with zero attached hydrogens (tertiary/aromatic N) is 1. The molecule has 0 aliphatic rings. The Morgan fingerprint density at radius 2 is 1.64 bits per heavy atom. The number of benzene rings is 1. The normalized spacial score (nSPS) is 10.2. The number of rotatable bonds is 5. The number of halogens is 1. The van der Waals surface area contributed by atoms with Gasteiger partial charge in [-0.2, -0.15) is 0 Å². The Morgan fingerprint density at radius 3 is 2.14 bits per heavy atom. The van der Waals surface area contributed by atoms with Gasteiger partial charge in [-0.15, -0.1) is 0 Å². The first-order chi connectivity index (χ1) is 6.79. The Labute approximate surface area is 85.5 Å². The van der Waals surface area contributed by atoms with Gasteiger partial charge in [0.1, 0.15) is 5.82 Å². The predicted molar refractivity (Wildman–Crippen MR) is 59.2 cm³/mol. The maximum Gasteiger partial charge on any atom is 0.146 e. The van der Waals surface area contributed by atoms with Gasteiger partial charge in [-0.25, -0.2) is 4.39 Å². The van der Waals surface area contributed by atoms with Crippen LogP contribution in [0.25, 0.3) is 0 Å². The molecule has 0 aliphatic carbocycles. The van der Waals surface area contributed by atoms with Gasteiger partial charge in [-0.05, 0) is 25.0 Å². The highest BCUT2D eigenvalue weighted by atomic mass is 19.1. The molecule has 0 bridgehead atoms. The molecule has 1 rings (SSSR count). The summed E-state index contributed by atoms with van der Waals surface area (Å²) in [6, 6.07) is 6.99. The first kappa shape index (κ1) is 11.0. The summed E-state index contributed by atoms with van der Waals surface area (Å²) >= 11 is 0. The van der Waals surface area contributed by atoms with Crippen LogP contribution in [0.4, 0.5) is 10.1 Å². The van der Waals surface area contributed by atoms with E-state index in [1.807, 2.05) is 12.1 Å². The summed E-state index contributed by atoms with van der Waals surface area (Å²) in [5.41, 5.74) is 0.733. The minimum atomic E-state index is -0.116. The molecule has 0 fully saturated rings. The van der Waals surface area contributed by atoms with Gasteiger partial charge in [-0.1, -0.05) is 26.0 Å². The van der Waals surface area contributed by atoms with Crippen LogP contribution in [0.3, 0.4) is 0 Å². The van der Waals surface area contributed by atoms with Crippen molar-refractivity contribution in [1.82, 2.24) is 0 Å². The Hall–Kier alpha value is -1.05. The first-order valence-electron chi connectivity index (χ1n) is 5.29. The standard InChI is InChI=1S/C12H18FN/c1-3-9-14(10-4-2)12-8-6-5-7-11(12)13/h5-8H,3-4,9-10H2,1-2H3. The third-order valence-corrected chi connectivity index (χ3v) is 2.18. The Balaban J connectivity index is 2.81. The average Bonchev–Trinajstić information content (AvgIpc) is 2.18. The average molecular weight is 195 g/mol. The maximum absolute atomic E-state index is 13.4. The van der Waals surface area contributed by atoms with Crippen LogP contribution in [-0.4, -0.2) is 13.1 Å². The minimum Gasteiger partial charge on any atom is -0.369 e. The molecule has 0 heterocycles. The van der Waals surface area contributed by atoms with E-state index in [1.165, 1.54) is 6.07 Å². The molecule has 2 heteroatoms. The second-order valence-corrected chi connectivity index (χ2v) is 3.44. The van der Waals surface area contributed by atoms with Crippen molar-refractivity contribution in [3.63, 3.8) is 0 Å². The zero-order valence-corrected chi connectivity index (χ0v) is 8.96. The molecule has 0 amide bonds. The van der Waals surface area contributed by atoms with E-state index < -0.39 is 0 Å².